The number of hydrogen-bond donors (Lipinski definition) is 5. The number of aliphatic carboxylic acids is 1. The Morgan fingerprint density at radius 2 is 1.94 bits per heavy atom. The standard InChI is InChI=1S/C23H36N4O6/c1-16-15-32-12-4-5-13-33-18-9-7-17(8-10-18)14-20(21(28)25-16)27-23(31)26-19(22(29)30)6-2-3-11-24/h7-10,16,19-20H,2-6,11-15,24H2,1H3,(H,25,28)(H,29,30)(H2,26,27,31)/t16-,19?,20+/m0/s1. The first-order valence-corrected chi connectivity index (χ1v) is 11.5. The van der Waals surface area contributed by atoms with E-state index in [1.165, 1.54) is 0 Å². The Hall–Kier alpha value is -2.85. The van der Waals surface area contributed by atoms with E-state index in [1.54, 1.807) is 0 Å². The summed E-state index contributed by atoms with van der Waals surface area (Å²) in [6.45, 7) is 3.78. The zero-order valence-corrected chi connectivity index (χ0v) is 19.2. The van der Waals surface area contributed by atoms with Crippen LogP contribution in [0.5, 0.6) is 5.75 Å². The van der Waals surface area contributed by atoms with Gasteiger partial charge in [0, 0.05) is 19.1 Å². The highest BCUT2D eigenvalue weighted by molar-refractivity contribution is 5.89. The van der Waals surface area contributed by atoms with E-state index in [1.807, 2.05) is 31.2 Å². The van der Waals surface area contributed by atoms with Crippen LogP contribution in [0.3, 0.4) is 0 Å². The summed E-state index contributed by atoms with van der Waals surface area (Å²) >= 11 is 0. The molecule has 2 heterocycles. The summed E-state index contributed by atoms with van der Waals surface area (Å²) in [5.41, 5.74) is 6.29. The molecule has 0 saturated carbocycles. The smallest absolute Gasteiger partial charge is 0.326 e. The van der Waals surface area contributed by atoms with Crippen molar-refractivity contribution in [1.82, 2.24) is 16.0 Å². The van der Waals surface area contributed by atoms with Gasteiger partial charge < -0.3 is 36.3 Å². The molecule has 2 bridgehead atoms. The third-order valence-corrected chi connectivity index (χ3v) is 5.24. The van der Waals surface area contributed by atoms with Gasteiger partial charge in [0.05, 0.1) is 13.2 Å². The lowest BCUT2D eigenvalue weighted by atomic mass is 10.0. The molecule has 0 saturated heterocycles. The van der Waals surface area contributed by atoms with Crippen LogP contribution in [0, 0.1) is 0 Å². The zero-order chi connectivity index (χ0) is 24.1. The molecule has 1 aromatic carbocycles. The Balaban J connectivity index is 2.09. The summed E-state index contributed by atoms with van der Waals surface area (Å²) in [5, 5.41) is 17.3. The first-order chi connectivity index (χ1) is 15.9. The van der Waals surface area contributed by atoms with Crippen LogP contribution in [0.2, 0.25) is 0 Å². The first-order valence-electron chi connectivity index (χ1n) is 11.5. The van der Waals surface area contributed by atoms with Crippen LogP contribution in [0.4, 0.5) is 4.79 Å². The number of carbonyl (C=O) groups excluding carboxylic acids is 2. The van der Waals surface area contributed by atoms with Gasteiger partial charge in [0.15, 0.2) is 0 Å². The third-order valence-electron chi connectivity index (χ3n) is 5.24. The van der Waals surface area contributed by atoms with Gasteiger partial charge in [0.25, 0.3) is 0 Å². The average molecular weight is 465 g/mol. The van der Waals surface area contributed by atoms with E-state index in [4.69, 9.17) is 15.2 Å². The van der Waals surface area contributed by atoms with Crippen molar-refractivity contribution in [1.29, 1.82) is 0 Å². The predicted octanol–water partition coefficient (Wildman–Crippen LogP) is 1.17. The van der Waals surface area contributed by atoms with Crippen LogP contribution in [0.15, 0.2) is 24.3 Å². The van der Waals surface area contributed by atoms with Gasteiger partial charge in [-0.05, 0) is 63.3 Å². The number of carboxylic acids is 1. The molecule has 10 nitrogen and oxygen atoms in total. The number of rotatable bonds is 7. The van der Waals surface area contributed by atoms with Gasteiger partial charge >= 0.3 is 12.0 Å². The molecule has 6 N–H and O–H groups in total. The summed E-state index contributed by atoms with van der Waals surface area (Å²) in [6.07, 6.45) is 3.44. The van der Waals surface area contributed by atoms with E-state index in [-0.39, 0.29) is 24.8 Å². The van der Waals surface area contributed by atoms with E-state index >= 15 is 0 Å². The number of unbranched alkanes of at least 4 members (excludes halogenated alkanes) is 1. The van der Waals surface area contributed by atoms with Gasteiger partial charge in [-0.25, -0.2) is 9.59 Å². The number of benzene rings is 1. The summed E-state index contributed by atoms with van der Waals surface area (Å²) < 4.78 is 11.3. The number of hydrogen-bond acceptors (Lipinski definition) is 6. The minimum Gasteiger partial charge on any atom is -0.494 e. The number of ether oxygens (including phenoxy) is 2. The van der Waals surface area contributed by atoms with Crippen molar-refractivity contribution in [3.8, 4) is 5.75 Å². The highest BCUT2D eigenvalue weighted by atomic mass is 16.5. The highest BCUT2D eigenvalue weighted by Gasteiger charge is 2.25. The predicted molar refractivity (Wildman–Crippen MR) is 123 cm³/mol. The Morgan fingerprint density at radius 3 is 2.64 bits per heavy atom. The monoisotopic (exact) mass is 464 g/mol. The molecule has 33 heavy (non-hydrogen) atoms. The van der Waals surface area contributed by atoms with Crippen molar-refractivity contribution < 1.29 is 29.0 Å². The lowest BCUT2D eigenvalue weighted by molar-refractivity contribution is -0.139. The maximum atomic E-state index is 12.9. The normalized spacial score (nSPS) is 20.8. The van der Waals surface area contributed by atoms with Gasteiger partial charge in [-0.2, -0.15) is 0 Å². The Bertz CT molecular complexity index is 758. The molecule has 1 aromatic rings. The van der Waals surface area contributed by atoms with E-state index in [9.17, 15) is 19.5 Å². The molecular formula is C23H36N4O6. The second-order valence-electron chi connectivity index (χ2n) is 8.23. The van der Waals surface area contributed by atoms with Crippen LogP contribution in [0.1, 0.15) is 44.6 Å². The fraction of sp³-hybridized carbons (Fsp3) is 0.609. The first kappa shape index (κ1) is 26.4. The summed E-state index contributed by atoms with van der Waals surface area (Å²) in [5.74, 6) is -0.775. The Kier molecular flexibility index (Phi) is 11.5. The molecule has 2 aliphatic rings. The Labute approximate surface area is 194 Å². The molecule has 0 fully saturated rings. The van der Waals surface area contributed by atoms with Gasteiger partial charge in [-0.15, -0.1) is 0 Å². The fourth-order valence-corrected chi connectivity index (χ4v) is 3.42. The SMILES string of the molecule is C[C@H]1COCCCCOc2ccc(cc2)C[C@@H](NC(=O)NC(CCCCN)C(=O)O)C(=O)N1. The summed E-state index contributed by atoms with van der Waals surface area (Å²) in [4.78, 5) is 37.0. The van der Waals surface area contributed by atoms with Crippen LogP contribution in [-0.2, 0) is 20.7 Å². The largest absolute Gasteiger partial charge is 0.494 e. The molecule has 1 unspecified atom stereocenters. The zero-order valence-electron chi connectivity index (χ0n) is 19.2. The van der Waals surface area contributed by atoms with Gasteiger partial charge in [-0.3, -0.25) is 4.79 Å². The quantitative estimate of drug-likeness (QED) is 0.380. The molecule has 184 valence electrons. The van der Waals surface area contributed by atoms with Crippen molar-refractivity contribution >= 4 is 17.9 Å². The maximum Gasteiger partial charge on any atom is 0.326 e. The van der Waals surface area contributed by atoms with Crippen molar-refractivity contribution in [3.63, 3.8) is 0 Å². The van der Waals surface area contributed by atoms with Crippen LogP contribution in [-0.4, -0.2) is 67.5 Å². The minimum atomic E-state index is -1.13. The van der Waals surface area contributed by atoms with Crippen molar-refractivity contribution in [2.24, 2.45) is 5.73 Å². The molecule has 0 aromatic heterocycles. The maximum absolute atomic E-state index is 12.9. The molecule has 3 amide bonds. The summed E-state index contributed by atoms with van der Waals surface area (Å²) in [6, 6.07) is 4.43. The van der Waals surface area contributed by atoms with Crippen molar-refractivity contribution in [2.45, 2.75) is 63.6 Å². The van der Waals surface area contributed by atoms with E-state index in [0.717, 1.165) is 24.2 Å². The molecular weight excluding hydrogens is 428 g/mol. The summed E-state index contributed by atoms with van der Waals surface area (Å²) in [7, 11) is 0. The fourth-order valence-electron chi connectivity index (χ4n) is 3.42. The van der Waals surface area contributed by atoms with Gasteiger partial charge in [0.2, 0.25) is 5.91 Å². The van der Waals surface area contributed by atoms with Crippen molar-refractivity contribution in [3.05, 3.63) is 29.8 Å². The van der Waals surface area contributed by atoms with Gasteiger partial charge in [-0.1, -0.05) is 12.1 Å². The van der Waals surface area contributed by atoms with Gasteiger partial charge in [0.1, 0.15) is 17.8 Å². The number of nitrogens with two attached hydrogens (primary N) is 1. The second-order valence-corrected chi connectivity index (χ2v) is 8.23. The second kappa shape index (κ2) is 14.3. The van der Waals surface area contributed by atoms with E-state index < -0.39 is 24.1 Å². The lowest BCUT2D eigenvalue weighted by Gasteiger charge is -2.23. The Morgan fingerprint density at radius 1 is 1.21 bits per heavy atom. The molecule has 10 heteroatoms. The molecule has 0 radical (unpaired) electrons. The number of amides is 3. The number of fused-ring (bicyclic) bond motifs is 13. The topological polar surface area (TPSA) is 152 Å². The third kappa shape index (κ3) is 10.1. The molecule has 0 aliphatic carbocycles. The van der Waals surface area contributed by atoms with E-state index in [0.29, 0.717) is 39.2 Å². The molecule has 2 aliphatic heterocycles. The number of urea groups is 1. The average Bonchev–Trinajstić information content (AvgIpc) is 2.77. The number of carboxylic acid groups (broad SMARTS) is 1. The van der Waals surface area contributed by atoms with Crippen LogP contribution < -0.4 is 26.4 Å². The minimum absolute atomic E-state index is 0.234. The highest BCUT2D eigenvalue weighted by Crippen LogP contribution is 2.14. The van der Waals surface area contributed by atoms with E-state index in [2.05, 4.69) is 16.0 Å². The number of nitrogens with one attached hydrogen (secondary N) is 3. The molecule has 0 spiro atoms. The molecule has 3 atom stereocenters. The van der Waals surface area contributed by atoms with Crippen LogP contribution in [0.25, 0.3) is 0 Å². The van der Waals surface area contributed by atoms with Crippen molar-refractivity contribution in [2.75, 3.05) is 26.4 Å². The lowest BCUT2D eigenvalue weighted by Crippen LogP contribution is -2.55. The number of carbonyl (C=O) groups is 3. The molecule has 3 rings (SSSR count). The van der Waals surface area contributed by atoms with Crippen LogP contribution >= 0.6 is 0 Å².